The maximum Gasteiger partial charge on any atom is 0.244 e. The van der Waals surface area contributed by atoms with Gasteiger partial charge in [-0.25, -0.2) is 4.98 Å². The number of nitrogens with zero attached hydrogens (tertiary/aromatic N) is 2. The van der Waals surface area contributed by atoms with E-state index in [9.17, 15) is 4.79 Å². The molecule has 6 nitrogen and oxygen atoms in total. The molecule has 0 saturated heterocycles. The smallest absolute Gasteiger partial charge is 0.244 e. The molecule has 0 spiro atoms. The second kappa shape index (κ2) is 8.99. The van der Waals surface area contributed by atoms with Crippen molar-refractivity contribution in [1.29, 1.82) is 0 Å². The summed E-state index contributed by atoms with van der Waals surface area (Å²) in [6, 6.07) is 9.09. The number of aromatic nitrogens is 2. The van der Waals surface area contributed by atoms with Gasteiger partial charge in [-0.3, -0.25) is 9.20 Å². The third-order valence-electron chi connectivity index (χ3n) is 3.96. The number of imidazole rings is 1. The van der Waals surface area contributed by atoms with Gasteiger partial charge in [-0.2, -0.15) is 0 Å². The lowest BCUT2D eigenvalue weighted by molar-refractivity contribution is -0.116. The second-order valence-corrected chi connectivity index (χ2v) is 6.58. The normalized spacial score (nSPS) is 11.1. The molecule has 0 atom stereocenters. The van der Waals surface area contributed by atoms with E-state index in [2.05, 4.69) is 10.3 Å². The highest BCUT2D eigenvalue weighted by Gasteiger charge is 2.12. The third-order valence-corrected chi connectivity index (χ3v) is 4.52. The summed E-state index contributed by atoms with van der Waals surface area (Å²) in [6.45, 7) is 2.63. The first kappa shape index (κ1) is 20.0. The monoisotopic (exact) mass is 419 g/mol. The summed E-state index contributed by atoms with van der Waals surface area (Å²) < 4.78 is 12.6. The van der Waals surface area contributed by atoms with Crippen molar-refractivity contribution >= 4 is 40.8 Å². The van der Waals surface area contributed by atoms with Crippen LogP contribution in [0.15, 0.2) is 42.6 Å². The number of hydrogen-bond donors (Lipinski definition) is 1. The summed E-state index contributed by atoms with van der Waals surface area (Å²) in [5, 5.41) is 3.57. The number of pyridine rings is 1. The Labute approximate surface area is 172 Å². The molecule has 28 heavy (non-hydrogen) atoms. The molecule has 3 rings (SSSR count). The Kier molecular flexibility index (Phi) is 6.44. The van der Waals surface area contributed by atoms with Gasteiger partial charge in [-0.15, -0.1) is 0 Å². The third kappa shape index (κ3) is 4.40. The van der Waals surface area contributed by atoms with Crippen LogP contribution in [0.4, 0.5) is 0 Å². The Bertz CT molecular complexity index is 1030. The van der Waals surface area contributed by atoms with Gasteiger partial charge in [0.25, 0.3) is 0 Å². The van der Waals surface area contributed by atoms with Crippen LogP contribution in [0.3, 0.4) is 0 Å². The average molecular weight is 420 g/mol. The molecular weight excluding hydrogens is 401 g/mol. The van der Waals surface area contributed by atoms with Crippen LogP contribution in [0.1, 0.15) is 18.2 Å². The molecular formula is C20H19Cl2N3O3. The van der Waals surface area contributed by atoms with Crippen molar-refractivity contribution in [2.45, 2.75) is 13.5 Å². The number of fused-ring (bicyclic) bond motifs is 1. The molecule has 3 aromatic rings. The SMILES string of the molecule is CCOc1c(Cl)cc(CNC(=O)/C=C/c2c(Cl)nc3ccccn23)cc1OC. The first-order valence-corrected chi connectivity index (χ1v) is 9.36. The van der Waals surface area contributed by atoms with Crippen molar-refractivity contribution in [3.05, 3.63) is 64.0 Å². The molecule has 1 N–H and O–H groups in total. The molecule has 8 heteroatoms. The lowest BCUT2D eigenvalue weighted by atomic mass is 10.2. The van der Waals surface area contributed by atoms with E-state index in [-0.39, 0.29) is 12.5 Å². The lowest BCUT2D eigenvalue weighted by Crippen LogP contribution is -2.20. The molecule has 0 aliphatic rings. The minimum absolute atomic E-state index is 0.272. The average Bonchev–Trinajstić information content (AvgIpc) is 3.01. The fraction of sp³-hybridized carbons (Fsp3) is 0.200. The number of carbonyl (C=O) groups excluding carboxylic acids is 1. The van der Waals surface area contributed by atoms with Gasteiger partial charge in [0.1, 0.15) is 5.65 Å². The number of benzene rings is 1. The van der Waals surface area contributed by atoms with Gasteiger partial charge in [0.15, 0.2) is 16.7 Å². The summed E-state index contributed by atoms with van der Waals surface area (Å²) in [5.74, 6) is 0.737. The van der Waals surface area contributed by atoms with Gasteiger partial charge < -0.3 is 14.8 Å². The van der Waals surface area contributed by atoms with Crippen molar-refractivity contribution < 1.29 is 14.3 Å². The quantitative estimate of drug-likeness (QED) is 0.577. The molecule has 0 aliphatic carbocycles. The van der Waals surface area contributed by atoms with Crippen LogP contribution in [0.25, 0.3) is 11.7 Å². The fourth-order valence-corrected chi connectivity index (χ4v) is 3.23. The fourth-order valence-electron chi connectivity index (χ4n) is 2.70. The lowest BCUT2D eigenvalue weighted by Gasteiger charge is -2.13. The van der Waals surface area contributed by atoms with Crippen LogP contribution < -0.4 is 14.8 Å². The van der Waals surface area contributed by atoms with E-state index < -0.39 is 0 Å². The molecule has 2 heterocycles. The minimum atomic E-state index is -0.272. The number of nitrogens with one attached hydrogen (secondary N) is 1. The molecule has 0 fully saturated rings. The molecule has 146 valence electrons. The largest absolute Gasteiger partial charge is 0.493 e. The Balaban J connectivity index is 1.69. The van der Waals surface area contributed by atoms with E-state index in [0.717, 1.165) is 5.56 Å². The summed E-state index contributed by atoms with van der Waals surface area (Å²) >= 11 is 12.4. The van der Waals surface area contributed by atoms with Gasteiger partial charge >= 0.3 is 0 Å². The van der Waals surface area contributed by atoms with Crippen molar-refractivity contribution in [3.63, 3.8) is 0 Å². The standard InChI is InChI=1S/C20H19Cl2N3O3/c1-3-28-19-14(21)10-13(11-16(19)27-2)12-23-18(26)8-7-15-20(22)24-17-6-4-5-9-25(15)17/h4-11H,3,12H2,1-2H3,(H,23,26)/b8-7+. The maximum atomic E-state index is 12.2. The zero-order chi connectivity index (χ0) is 20.1. The minimum Gasteiger partial charge on any atom is -0.493 e. The Morgan fingerprint density at radius 2 is 2.14 bits per heavy atom. The van der Waals surface area contributed by atoms with E-state index in [4.69, 9.17) is 32.7 Å². The number of halogens is 2. The number of ether oxygens (including phenoxy) is 2. The summed E-state index contributed by atoms with van der Waals surface area (Å²) in [4.78, 5) is 16.4. The van der Waals surface area contributed by atoms with E-state index in [1.807, 2.05) is 35.7 Å². The van der Waals surface area contributed by atoms with Gasteiger partial charge in [0.05, 0.1) is 24.4 Å². The van der Waals surface area contributed by atoms with Gasteiger partial charge in [-0.05, 0) is 42.8 Å². The molecule has 1 aromatic carbocycles. The van der Waals surface area contributed by atoms with Crippen molar-refractivity contribution in [2.24, 2.45) is 0 Å². The first-order chi connectivity index (χ1) is 13.5. The Hall–Kier alpha value is -2.70. The van der Waals surface area contributed by atoms with Crippen LogP contribution in [0.5, 0.6) is 11.5 Å². The van der Waals surface area contributed by atoms with E-state index in [1.165, 1.54) is 6.08 Å². The summed E-state index contributed by atoms with van der Waals surface area (Å²) in [6.07, 6.45) is 4.87. The van der Waals surface area contributed by atoms with Gasteiger partial charge in [0.2, 0.25) is 5.91 Å². The van der Waals surface area contributed by atoms with Crippen molar-refractivity contribution in [3.8, 4) is 11.5 Å². The van der Waals surface area contributed by atoms with E-state index >= 15 is 0 Å². The molecule has 2 aromatic heterocycles. The van der Waals surface area contributed by atoms with E-state index in [0.29, 0.717) is 39.6 Å². The Morgan fingerprint density at radius 3 is 2.89 bits per heavy atom. The van der Waals surface area contributed by atoms with Crippen LogP contribution >= 0.6 is 23.2 Å². The predicted octanol–water partition coefficient (Wildman–Crippen LogP) is 4.38. The number of methoxy groups -OCH3 is 1. The van der Waals surface area contributed by atoms with Crippen LogP contribution in [0, 0.1) is 0 Å². The number of carbonyl (C=O) groups is 1. The van der Waals surface area contributed by atoms with E-state index in [1.54, 1.807) is 25.3 Å². The van der Waals surface area contributed by atoms with Crippen molar-refractivity contribution in [2.75, 3.05) is 13.7 Å². The molecule has 0 saturated carbocycles. The van der Waals surface area contributed by atoms with Crippen LogP contribution in [-0.4, -0.2) is 29.0 Å². The van der Waals surface area contributed by atoms with Gasteiger partial charge in [-0.1, -0.05) is 29.3 Å². The second-order valence-electron chi connectivity index (χ2n) is 5.81. The van der Waals surface area contributed by atoms with Crippen LogP contribution in [0.2, 0.25) is 10.2 Å². The molecule has 0 aliphatic heterocycles. The Morgan fingerprint density at radius 1 is 1.32 bits per heavy atom. The molecule has 0 radical (unpaired) electrons. The maximum absolute atomic E-state index is 12.2. The number of rotatable bonds is 7. The number of amides is 1. The zero-order valence-corrected chi connectivity index (χ0v) is 16.9. The highest BCUT2D eigenvalue weighted by Crippen LogP contribution is 2.36. The summed E-state index contributed by atoms with van der Waals surface area (Å²) in [5.41, 5.74) is 2.14. The molecule has 0 bridgehead atoms. The summed E-state index contributed by atoms with van der Waals surface area (Å²) in [7, 11) is 1.54. The topological polar surface area (TPSA) is 64.9 Å². The predicted molar refractivity (Wildman–Crippen MR) is 110 cm³/mol. The molecule has 1 amide bonds. The van der Waals surface area contributed by atoms with Gasteiger partial charge in [0, 0.05) is 18.8 Å². The number of hydrogen-bond acceptors (Lipinski definition) is 4. The first-order valence-electron chi connectivity index (χ1n) is 8.61. The highest BCUT2D eigenvalue weighted by atomic mass is 35.5. The zero-order valence-electron chi connectivity index (χ0n) is 15.4. The highest BCUT2D eigenvalue weighted by molar-refractivity contribution is 6.32. The molecule has 0 unspecified atom stereocenters. The van der Waals surface area contributed by atoms with Crippen molar-refractivity contribution in [1.82, 2.24) is 14.7 Å². The van der Waals surface area contributed by atoms with Crippen LogP contribution in [-0.2, 0) is 11.3 Å².